The number of halogens is 1. The molecule has 1 N–H and O–H groups in total. The van der Waals surface area contributed by atoms with Crippen LogP contribution in [0.2, 0.25) is 0 Å². The lowest BCUT2D eigenvalue weighted by atomic mass is 9.81. The number of benzene rings is 1. The molecule has 1 aromatic carbocycles. The first-order valence-electron chi connectivity index (χ1n) is 11.2. The molecule has 1 fully saturated rings. The molecule has 0 bridgehead atoms. The van der Waals surface area contributed by atoms with Crippen LogP contribution in [0.3, 0.4) is 0 Å². The Labute approximate surface area is 193 Å². The van der Waals surface area contributed by atoms with Crippen molar-refractivity contribution in [1.29, 1.82) is 0 Å². The molecular weight excluding hydrogens is 427 g/mol. The summed E-state index contributed by atoms with van der Waals surface area (Å²) in [4.78, 5) is 7.92. The maximum Gasteiger partial charge on any atom is 0.126 e. The first-order chi connectivity index (χ1) is 15.7. The summed E-state index contributed by atoms with van der Waals surface area (Å²) in [6, 6.07) is 9.33. The van der Waals surface area contributed by atoms with Gasteiger partial charge >= 0.3 is 0 Å². The second-order valence-corrected chi connectivity index (χ2v) is 9.60. The van der Waals surface area contributed by atoms with E-state index in [1.165, 1.54) is 0 Å². The Morgan fingerprint density at radius 3 is 3.00 bits per heavy atom. The molecule has 4 rings (SSSR count). The Hall–Kier alpha value is -2.09. The fraction of sp³-hybridized carbons (Fsp3) is 0.480. The molecule has 32 heavy (non-hydrogen) atoms. The van der Waals surface area contributed by atoms with Gasteiger partial charge in [-0.1, -0.05) is 0 Å². The van der Waals surface area contributed by atoms with Gasteiger partial charge in [0.05, 0.1) is 18.9 Å². The summed E-state index contributed by atoms with van der Waals surface area (Å²) in [7, 11) is 1.61. The number of aliphatic hydroxyl groups is 1. The van der Waals surface area contributed by atoms with Gasteiger partial charge in [-0.3, -0.25) is 4.98 Å². The maximum atomic E-state index is 15.3. The Bertz CT molecular complexity index is 984. The van der Waals surface area contributed by atoms with E-state index in [4.69, 9.17) is 9.15 Å². The number of hydrogen-bond acceptors (Lipinski definition) is 6. The molecule has 3 aromatic rings. The number of aromatic nitrogens is 1. The zero-order valence-corrected chi connectivity index (χ0v) is 19.3. The summed E-state index contributed by atoms with van der Waals surface area (Å²) in [6.07, 6.45) is 6.30. The molecule has 172 valence electrons. The Kier molecular flexibility index (Phi) is 8.05. The van der Waals surface area contributed by atoms with E-state index in [9.17, 15) is 5.11 Å². The van der Waals surface area contributed by atoms with E-state index in [0.29, 0.717) is 23.7 Å². The summed E-state index contributed by atoms with van der Waals surface area (Å²) in [5, 5.41) is 10.8. The number of fused-ring (bicyclic) bond motifs is 1. The normalized spacial score (nSPS) is 20.5. The average Bonchev–Trinajstić information content (AvgIpc) is 3.35. The lowest BCUT2D eigenvalue weighted by Gasteiger charge is -2.38. The third-order valence-corrected chi connectivity index (χ3v) is 7.44. The van der Waals surface area contributed by atoms with E-state index in [1.54, 1.807) is 43.7 Å². The van der Waals surface area contributed by atoms with E-state index in [0.717, 1.165) is 54.0 Å². The van der Waals surface area contributed by atoms with Crippen molar-refractivity contribution in [3.8, 4) is 5.75 Å². The molecule has 2 aromatic heterocycles. The van der Waals surface area contributed by atoms with Gasteiger partial charge < -0.3 is 19.2 Å². The molecule has 1 saturated heterocycles. The van der Waals surface area contributed by atoms with Crippen LogP contribution in [0.5, 0.6) is 5.75 Å². The van der Waals surface area contributed by atoms with Gasteiger partial charge in [0.1, 0.15) is 18.2 Å². The number of aliphatic hydroxyl groups excluding tert-OH is 1. The standard InChI is InChI=1S/C25H31FN2O3S/c1-30-20-3-5-25-23(14-20)22(6-9-27-25)24(26)4-2-18-7-10-28(15-19(18)16-29)11-13-32-21-8-12-31-17-21/h3,5-6,8-9,12,14,17-19,24,29H,2,4,7,10-11,13,15-16H2,1H3/t18-,19-,24+/m1/s1. The summed E-state index contributed by atoms with van der Waals surface area (Å²) < 4.78 is 25.7. The van der Waals surface area contributed by atoms with E-state index >= 15 is 4.39 Å². The summed E-state index contributed by atoms with van der Waals surface area (Å²) in [5.74, 6) is 2.24. The molecule has 0 amide bonds. The number of furan rings is 1. The van der Waals surface area contributed by atoms with Crippen LogP contribution in [0.4, 0.5) is 4.39 Å². The van der Waals surface area contributed by atoms with Gasteiger partial charge in [-0.25, -0.2) is 4.39 Å². The maximum absolute atomic E-state index is 15.3. The number of alkyl halides is 1. The highest BCUT2D eigenvalue weighted by Gasteiger charge is 2.29. The fourth-order valence-corrected chi connectivity index (χ4v) is 5.50. The van der Waals surface area contributed by atoms with Crippen molar-refractivity contribution in [3.63, 3.8) is 0 Å². The second kappa shape index (κ2) is 11.2. The third kappa shape index (κ3) is 5.63. The number of nitrogens with zero attached hydrogens (tertiary/aromatic N) is 2. The second-order valence-electron chi connectivity index (χ2n) is 8.43. The topological polar surface area (TPSA) is 58.7 Å². The fourth-order valence-electron chi connectivity index (χ4n) is 4.64. The molecule has 0 radical (unpaired) electrons. The van der Waals surface area contributed by atoms with Crippen molar-refractivity contribution in [2.24, 2.45) is 11.8 Å². The third-order valence-electron chi connectivity index (χ3n) is 6.49. The van der Waals surface area contributed by atoms with Gasteiger partial charge in [0, 0.05) is 41.9 Å². The van der Waals surface area contributed by atoms with Crippen LogP contribution < -0.4 is 4.74 Å². The Balaban J connectivity index is 1.31. The number of rotatable bonds is 10. The molecule has 1 aliphatic heterocycles. The van der Waals surface area contributed by atoms with Crippen molar-refractivity contribution in [1.82, 2.24) is 9.88 Å². The van der Waals surface area contributed by atoms with Crippen LogP contribution in [0.25, 0.3) is 10.9 Å². The molecule has 3 atom stereocenters. The minimum atomic E-state index is -1.06. The SMILES string of the molecule is COc1ccc2nccc([C@@H](F)CC[C@@H]3CCN(CCSc4ccoc4)C[C@@H]3CO)c2c1. The Morgan fingerprint density at radius 1 is 1.31 bits per heavy atom. The predicted molar refractivity (Wildman–Crippen MR) is 126 cm³/mol. The highest BCUT2D eigenvalue weighted by atomic mass is 32.2. The molecule has 7 heteroatoms. The number of methoxy groups -OCH3 is 1. The van der Waals surface area contributed by atoms with Crippen molar-refractivity contribution in [2.45, 2.75) is 30.3 Å². The molecule has 0 saturated carbocycles. The van der Waals surface area contributed by atoms with Gasteiger partial charge in [-0.2, -0.15) is 0 Å². The highest BCUT2D eigenvalue weighted by Crippen LogP contribution is 2.35. The molecule has 3 heterocycles. The zero-order chi connectivity index (χ0) is 22.3. The Morgan fingerprint density at radius 2 is 2.22 bits per heavy atom. The minimum absolute atomic E-state index is 0.155. The number of piperidine rings is 1. The molecule has 0 spiro atoms. The largest absolute Gasteiger partial charge is 0.497 e. The monoisotopic (exact) mass is 458 g/mol. The number of ether oxygens (including phenoxy) is 1. The quantitative estimate of drug-likeness (QED) is 0.413. The predicted octanol–water partition coefficient (Wildman–Crippen LogP) is 5.35. The average molecular weight is 459 g/mol. The van der Waals surface area contributed by atoms with Gasteiger partial charge in [-0.15, -0.1) is 11.8 Å². The van der Waals surface area contributed by atoms with Crippen molar-refractivity contribution in [3.05, 3.63) is 54.6 Å². The smallest absolute Gasteiger partial charge is 0.126 e. The molecular formula is C25H31FN2O3S. The summed E-state index contributed by atoms with van der Waals surface area (Å²) in [6.45, 7) is 3.01. The van der Waals surface area contributed by atoms with E-state index in [1.807, 2.05) is 24.3 Å². The highest BCUT2D eigenvalue weighted by molar-refractivity contribution is 7.99. The summed E-state index contributed by atoms with van der Waals surface area (Å²) >= 11 is 1.78. The lowest BCUT2D eigenvalue weighted by Crippen LogP contribution is -2.43. The van der Waals surface area contributed by atoms with Gasteiger partial charge in [0.2, 0.25) is 0 Å². The number of pyridine rings is 1. The molecule has 0 unspecified atom stereocenters. The van der Waals surface area contributed by atoms with Gasteiger partial charge in [0.15, 0.2) is 0 Å². The number of likely N-dealkylation sites (tertiary alicyclic amines) is 1. The van der Waals surface area contributed by atoms with E-state index in [2.05, 4.69) is 9.88 Å². The zero-order valence-electron chi connectivity index (χ0n) is 18.5. The van der Waals surface area contributed by atoms with Crippen LogP contribution in [0.1, 0.15) is 31.0 Å². The van der Waals surface area contributed by atoms with Gasteiger partial charge in [-0.05, 0) is 73.5 Å². The first-order valence-corrected chi connectivity index (χ1v) is 12.2. The lowest BCUT2D eigenvalue weighted by molar-refractivity contribution is 0.0672. The molecule has 5 nitrogen and oxygen atoms in total. The van der Waals surface area contributed by atoms with Crippen molar-refractivity contribution < 1.29 is 18.7 Å². The minimum Gasteiger partial charge on any atom is -0.497 e. The number of thioether (sulfide) groups is 1. The van der Waals surface area contributed by atoms with Gasteiger partial charge in [0.25, 0.3) is 0 Å². The van der Waals surface area contributed by atoms with Crippen molar-refractivity contribution >= 4 is 22.7 Å². The van der Waals surface area contributed by atoms with Crippen LogP contribution >= 0.6 is 11.8 Å². The molecule has 0 aliphatic carbocycles. The van der Waals surface area contributed by atoms with E-state index < -0.39 is 6.17 Å². The summed E-state index contributed by atoms with van der Waals surface area (Å²) in [5.41, 5.74) is 1.45. The van der Waals surface area contributed by atoms with Crippen LogP contribution in [0, 0.1) is 11.8 Å². The van der Waals surface area contributed by atoms with Crippen LogP contribution in [0.15, 0.2) is 58.4 Å². The van der Waals surface area contributed by atoms with Crippen LogP contribution in [-0.4, -0.2) is 54.1 Å². The number of hydrogen-bond donors (Lipinski definition) is 1. The first kappa shape index (κ1) is 23.1. The van der Waals surface area contributed by atoms with Crippen LogP contribution in [-0.2, 0) is 0 Å². The molecule has 1 aliphatic rings. The van der Waals surface area contributed by atoms with Crippen molar-refractivity contribution in [2.75, 3.05) is 39.1 Å². The van der Waals surface area contributed by atoms with E-state index in [-0.39, 0.29) is 12.5 Å².